The number of alkyl halides is 3. The molecular formula is C20H13F3N4O. The summed E-state index contributed by atoms with van der Waals surface area (Å²) in [4.78, 5) is 12.3. The zero-order valence-electron chi connectivity index (χ0n) is 14.3. The second kappa shape index (κ2) is 7.80. The number of para-hydroxylation sites is 1. The predicted octanol–water partition coefficient (Wildman–Crippen LogP) is 4.44. The molecule has 8 heteroatoms. The van der Waals surface area contributed by atoms with Crippen LogP contribution in [-0.4, -0.2) is 15.7 Å². The summed E-state index contributed by atoms with van der Waals surface area (Å²) in [5.41, 5.74) is 0.0940. The van der Waals surface area contributed by atoms with Crippen LogP contribution in [0.5, 0.6) is 0 Å². The summed E-state index contributed by atoms with van der Waals surface area (Å²) in [6.07, 6.45) is -0.109. The molecule has 0 saturated carbocycles. The van der Waals surface area contributed by atoms with E-state index < -0.39 is 17.6 Å². The van der Waals surface area contributed by atoms with E-state index in [0.29, 0.717) is 5.56 Å². The van der Waals surface area contributed by atoms with Gasteiger partial charge in [0.15, 0.2) is 0 Å². The summed E-state index contributed by atoms with van der Waals surface area (Å²) in [7, 11) is 0. The number of aromatic nitrogens is 2. The Hall–Kier alpha value is -3.86. The van der Waals surface area contributed by atoms with Crippen molar-refractivity contribution < 1.29 is 18.0 Å². The van der Waals surface area contributed by atoms with Crippen LogP contribution in [0.15, 0.2) is 72.6 Å². The summed E-state index contributed by atoms with van der Waals surface area (Å²) < 4.78 is 39.9. The summed E-state index contributed by atoms with van der Waals surface area (Å²) >= 11 is 0. The second-order valence-corrected chi connectivity index (χ2v) is 5.76. The molecular weight excluding hydrogens is 369 g/mol. The number of nitriles is 1. The van der Waals surface area contributed by atoms with Gasteiger partial charge in [-0.15, -0.1) is 0 Å². The zero-order valence-corrected chi connectivity index (χ0v) is 14.3. The lowest BCUT2D eigenvalue weighted by Gasteiger charge is -2.09. The van der Waals surface area contributed by atoms with E-state index in [1.165, 1.54) is 24.4 Å². The molecule has 1 N–H and O–H groups in total. The molecule has 28 heavy (non-hydrogen) atoms. The quantitative estimate of drug-likeness (QED) is 0.536. The molecule has 3 aromatic rings. The molecule has 1 amide bonds. The maximum absolute atomic E-state index is 12.8. The molecule has 0 fully saturated rings. The minimum Gasteiger partial charge on any atom is -0.321 e. The average molecular weight is 382 g/mol. The minimum absolute atomic E-state index is 0.0547. The number of hydrogen-bond acceptors (Lipinski definition) is 3. The fourth-order valence-corrected chi connectivity index (χ4v) is 2.42. The van der Waals surface area contributed by atoms with Gasteiger partial charge in [0.25, 0.3) is 5.91 Å². The Balaban J connectivity index is 1.79. The fourth-order valence-electron chi connectivity index (χ4n) is 2.42. The Kier molecular flexibility index (Phi) is 5.27. The number of halogens is 3. The van der Waals surface area contributed by atoms with Gasteiger partial charge in [0.2, 0.25) is 0 Å². The van der Waals surface area contributed by atoms with Crippen molar-refractivity contribution in [3.05, 3.63) is 83.7 Å². The first-order valence-electron chi connectivity index (χ1n) is 8.07. The lowest BCUT2D eigenvalue weighted by molar-refractivity contribution is -0.137. The predicted molar refractivity (Wildman–Crippen MR) is 97.2 cm³/mol. The Morgan fingerprint density at radius 2 is 1.89 bits per heavy atom. The van der Waals surface area contributed by atoms with E-state index in [4.69, 9.17) is 0 Å². The van der Waals surface area contributed by atoms with Crippen LogP contribution in [0.2, 0.25) is 0 Å². The Bertz CT molecular complexity index is 1060. The van der Waals surface area contributed by atoms with E-state index in [9.17, 15) is 23.2 Å². The van der Waals surface area contributed by atoms with Crippen LogP contribution in [-0.2, 0) is 11.0 Å². The molecule has 0 aliphatic heterocycles. The van der Waals surface area contributed by atoms with Crippen molar-refractivity contribution in [2.75, 3.05) is 5.32 Å². The van der Waals surface area contributed by atoms with Crippen molar-refractivity contribution >= 4 is 17.7 Å². The highest BCUT2D eigenvalue weighted by Crippen LogP contribution is 2.30. The molecule has 0 aliphatic carbocycles. The normalized spacial score (nSPS) is 11.7. The average Bonchev–Trinajstić information content (AvgIpc) is 3.15. The fraction of sp³-hybridized carbons (Fsp3) is 0.0500. The van der Waals surface area contributed by atoms with Gasteiger partial charge in [0.1, 0.15) is 11.6 Å². The Labute approximate surface area is 158 Å². The number of rotatable bonds is 4. The van der Waals surface area contributed by atoms with Gasteiger partial charge in [-0.3, -0.25) is 4.79 Å². The standard InChI is InChI=1S/C20H13F3N4O/c21-20(22,23)16-5-4-6-17(10-16)26-19(28)15(11-24)9-14-12-25-27(13-14)18-7-2-1-3-8-18/h1-10,12-13H,(H,26,28)/b15-9+. The molecule has 140 valence electrons. The molecule has 0 aliphatic rings. The maximum Gasteiger partial charge on any atom is 0.416 e. The topological polar surface area (TPSA) is 70.7 Å². The summed E-state index contributed by atoms with van der Waals surface area (Å²) in [6, 6.07) is 15.2. The van der Waals surface area contributed by atoms with E-state index in [0.717, 1.165) is 17.8 Å². The van der Waals surface area contributed by atoms with Crippen LogP contribution >= 0.6 is 0 Å². The van der Waals surface area contributed by atoms with Crippen molar-refractivity contribution in [2.45, 2.75) is 6.18 Å². The lowest BCUT2D eigenvalue weighted by atomic mass is 10.1. The summed E-state index contributed by atoms with van der Waals surface area (Å²) in [5, 5.41) is 15.7. The molecule has 0 radical (unpaired) electrons. The van der Waals surface area contributed by atoms with Gasteiger partial charge in [0.05, 0.1) is 17.4 Å². The molecule has 0 spiro atoms. The number of anilines is 1. The summed E-state index contributed by atoms with van der Waals surface area (Å²) in [6.45, 7) is 0. The van der Waals surface area contributed by atoms with Crippen molar-refractivity contribution in [3.8, 4) is 11.8 Å². The highest BCUT2D eigenvalue weighted by atomic mass is 19.4. The lowest BCUT2D eigenvalue weighted by Crippen LogP contribution is -2.14. The van der Waals surface area contributed by atoms with Crippen LogP contribution in [0.25, 0.3) is 11.8 Å². The third-order valence-electron chi connectivity index (χ3n) is 3.75. The van der Waals surface area contributed by atoms with E-state index in [1.807, 2.05) is 30.3 Å². The molecule has 3 rings (SSSR count). The third kappa shape index (κ3) is 4.45. The SMILES string of the molecule is N#C/C(=C\c1cnn(-c2ccccc2)c1)C(=O)Nc1cccc(C(F)(F)F)c1. The monoisotopic (exact) mass is 382 g/mol. The maximum atomic E-state index is 12.8. The number of carbonyl (C=O) groups excluding carboxylic acids is 1. The highest BCUT2D eigenvalue weighted by Gasteiger charge is 2.30. The van der Waals surface area contributed by atoms with Gasteiger partial charge < -0.3 is 5.32 Å². The van der Waals surface area contributed by atoms with Crippen LogP contribution < -0.4 is 5.32 Å². The molecule has 1 heterocycles. The third-order valence-corrected chi connectivity index (χ3v) is 3.75. The Morgan fingerprint density at radius 1 is 1.14 bits per heavy atom. The molecule has 0 bridgehead atoms. The van der Waals surface area contributed by atoms with Crippen LogP contribution in [0, 0.1) is 11.3 Å². The summed E-state index contributed by atoms with van der Waals surface area (Å²) in [5.74, 6) is -0.811. The van der Waals surface area contributed by atoms with Gasteiger partial charge in [-0.05, 0) is 36.4 Å². The van der Waals surface area contributed by atoms with Gasteiger partial charge in [-0.2, -0.15) is 23.5 Å². The van der Waals surface area contributed by atoms with Crippen LogP contribution in [0.4, 0.5) is 18.9 Å². The van der Waals surface area contributed by atoms with Crippen LogP contribution in [0.3, 0.4) is 0 Å². The van der Waals surface area contributed by atoms with Crippen LogP contribution in [0.1, 0.15) is 11.1 Å². The number of nitrogens with zero attached hydrogens (tertiary/aromatic N) is 3. The number of carbonyl (C=O) groups is 1. The van der Waals surface area contributed by atoms with Crippen molar-refractivity contribution in [3.63, 3.8) is 0 Å². The van der Waals surface area contributed by atoms with E-state index >= 15 is 0 Å². The number of benzene rings is 2. The zero-order chi connectivity index (χ0) is 20.1. The molecule has 5 nitrogen and oxygen atoms in total. The van der Waals surface area contributed by atoms with Gasteiger partial charge in [0, 0.05) is 17.4 Å². The van der Waals surface area contributed by atoms with Gasteiger partial charge >= 0.3 is 6.18 Å². The first kappa shape index (κ1) is 18.9. The first-order chi connectivity index (χ1) is 13.4. The minimum atomic E-state index is -4.53. The first-order valence-corrected chi connectivity index (χ1v) is 8.07. The van der Waals surface area contributed by atoms with E-state index in [2.05, 4.69) is 10.4 Å². The smallest absolute Gasteiger partial charge is 0.321 e. The number of nitrogens with one attached hydrogen (secondary N) is 1. The van der Waals surface area contributed by atoms with E-state index in [-0.39, 0.29) is 11.3 Å². The number of amides is 1. The van der Waals surface area contributed by atoms with Crippen molar-refractivity contribution in [1.82, 2.24) is 9.78 Å². The van der Waals surface area contributed by atoms with Crippen molar-refractivity contribution in [1.29, 1.82) is 5.26 Å². The molecule has 0 unspecified atom stereocenters. The molecule has 0 saturated heterocycles. The number of hydrogen-bond donors (Lipinski definition) is 1. The molecule has 1 aromatic heterocycles. The largest absolute Gasteiger partial charge is 0.416 e. The van der Waals surface area contributed by atoms with Gasteiger partial charge in [-0.1, -0.05) is 24.3 Å². The van der Waals surface area contributed by atoms with E-state index in [1.54, 1.807) is 16.9 Å². The molecule has 2 aromatic carbocycles. The Morgan fingerprint density at radius 3 is 2.57 bits per heavy atom. The highest BCUT2D eigenvalue weighted by molar-refractivity contribution is 6.09. The van der Waals surface area contributed by atoms with Crippen molar-refractivity contribution in [2.24, 2.45) is 0 Å². The molecule has 0 atom stereocenters. The second-order valence-electron chi connectivity index (χ2n) is 5.76. The van der Waals surface area contributed by atoms with Gasteiger partial charge in [-0.25, -0.2) is 4.68 Å².